The average Bonchev–Trinajstić information content (AvgIpc) is 2.21. The van der Waals surface area contributed by atoms with Crippen LogP contribution in [0.3, 0.4) is 0 Å². The van der Waals surface area contributed by atoms with Crippen molar-refractivity contribution in [2.45, 2.75) is 13.8 Å². The number of rotatable bonds is 0. The smallest absolute Gasteiger partial charge is 0.0622 e. The first-order valence-corrected chi connectivity index (χ1v) is 4.82. The van der Waals surface area contributed by atoms with E-state index in [0.29, 0.717) is 0 Å². The molecule has 0 unspecified atom stereocenters. The largest absolute Gasteiger partial charge is 2.00 e. The molecule has 1 heteroatoms. The predicted molar refractivity (Wildman–Crippen MR) is 62.4 cm³/mol. The van der Waals surface area contributed by atoms with Crippen molar-refractivity contribution in [2.24, 2.45) is 0 Å². The molecule has 0 saturated carbocycles. The second-order valence-electron chi connectivity index (χ2n) is 3.31. The van der Waals surface area contributed by atoms with Crippen LogP contribution < -0.4 is 0 Å². The Morgan fingerprint density at radius 2 is 0.800 bits per heavy atom. The van der Waals surface area contributed by atoms with Crippen LogP contribution in [0, 0.1) is 13.8 Å². The maximum absolute atomic E-state index is 2.08. The number of hydrogen-bond donors (Lipinski definition) is 0. The van der Waals surface area contributed by atoms with E-state index in [4.69, 9.17) is 0 Å². The summed E-state index contributed by atoms with van der Waals surface area (Å²) in [6.45, 7) is 4.17. The van der Waals surface area contributed by atoms with Gasteiger partial charge in [-0.3, -0.25) is 0 Å². The second-order valence-corrected chi connectivity index (χ2v) is 3.31. The molecule has 78 valence electrons. The zero-order chi connectivity index (χ0) is 10.2. The van der Waals surface area contributed by atoms with Crippen LogP contribution in [0.25, 0.3) is 0 Å². The molecule has 0 nitrogen and oxygen atoms in total. The normalized spacial score (nSPS) is 8.13. The van der Waals surface area contributed by atoms with E-state index in [1.807, 2.05) is 36.4 Å². The van der Waals surface area contributed by atoms with Gasteiger partial charge in [0.05, 0.1) is 0 Å². The minimum absolute atomic E-state index is 0. The molecule has 0 saturated heterocycles. The first-order valence-electron chi connectivity index (χ1n) is 4.82. The number of benzene rings is 2. The van der Waals surface area contributed by atoms with Crippen molar-refractivity contribution >= 4 is 0 Å². The summed E-state index contributed by atoms with van der Waals surface area (Å²) in [5.74, 6) is 0. The van der Waals surface area contributed by atoms with Crippen LogP contribution in [0.1, 0.15) is 11.1 Å². The van der Waals surface area contributed by atoms with E-state index < -0.39 is 0 Å². The third kappa shape index (κ3) is 6.96. The van der Waals surface area contributed by atoms with Gasteiger partial charge in [0, 0.05) is 0 Å². The van der Waals surface area contributed by atoms with Crippen molar-refractivity contribution in [3.63, 3.8) is 0 Å². The van der Waals surface area contributed by atoms with Gasteiger partial charge in [-0.05, 0) is 13.8 Å². The predicted octanol–water partition coefficient (Wildman–Crippen LogP) is 3.99. The van der Waals surface area contributed by atoms with Crippen LogP contribution >= 0.6 is 0 Å². The van der Waals surface area contributed by atoms with Gasteiger partial charge in [0.2, 0.25) is 0 Å². The fraction of sp³-hybridized carbons (Fsp3) is 0.143. The van der Waals surface area contributed by atoms with Crippen LogP contribution in [0.2, 0.25) is 0 Å². The quantitative estimate of drug-likeness (QED) is 0.611. The Morgan fingerprint density at radius 3 is 0.933 bits per heavy atom. The Hall–Kier alpha value is -1.04. The SMILES string of the molecule is Cc1ccccc1.Cc1ccccc1.[Fe+2]. The van der Waals surface area contributed by atoms with Gasteiger partial charge in [0.1, 0.15) is 0 Å². The topological polar surface area (TPSA) is 0 Å². The summed E-state index contributed by atoms with van der Waals surface area (Å²) in [7, 11) is 0. The van der Waals surface area contributed by atoms with E-state index >= 15 is 0 Å². The molecule has 0 aromatic heterocycles. The van der Waals surface area contributed by atoms with Crippen LogP contribution in [-0.2, 0) is 17.1 Å². The Kier molecular flexibility index (Phi) is 7.71. The van der Waals surface area contributed by atoms with Crippen molar-refractivity contribution < 1.29 is 17.1 Å². The molecule has 2 aromatic carbocycles. The summed E-state index contributed by atoms with van der Waals surface area (Å²) in [6.07, 6.45) is 0. The molecule has 15 heavy (non-hydrogen) atoms. The summed E-state index contributed by atoms with van der Waals surface area (Å²) in [6, 6.07) is 20.5. The summed E-state index contributed by atoms with van der Waals surface area (Å²) in [4.78, 5) is 0. The van der Waals surface area contributed by atoms with E-state index in [-0.39, 0.29) is 17.1 Å². The fourth-order valence-corrected chi connectivity index (χ4v) is 1.07. The molecule has 0 N–H and O–H groups in total. The zero-order valence-electron chi connectivity index (χ0n) is 9.13. The molecular weight excluding hydrogens is 224 g/mol. The van der Waals surface area contributed by atoms with Crippen LogP contribution in [-0.4, -0.2) is 0 Å². The molecule has 0 aliphatic carbocycles. The molecule has 0 amide bonds. The van der Waals surface area contributed by atoms with Gasteiger partial charge >= 0.3 is 17.1 Å². The van der Waals surface area contributed by atoms with Gasteiger partial charge in [-0.1, -0.05) is 71.8 Å². The number of aryl methyl sites for hydroxylation is 2. The monoisotopic (exact) mass is 240 g/mol. The summed E-state index contributed by atoms with van der Waals surface area (Å²) in [5, 5.41) is 0. The van der Waals surface area contributed by atoms with Crippen molar-refractivity contribution in [2.75, 3.05) is 0 Å². The molecule has 0 spiro atoms. The minimum Gasteiger partial charge on any atom is -0.0622 e. The maximum atomic E-state index is 2.08. The average molecular weight is 240 g/mol. The minimum atomic E-state index is 0. The van der Waals surface area contributed by atoms with Crippen LogP contribution in [0.4, 0.5) is 0 Å². The molecule has 0 bridgehead atoms. The summed E-state index contributed by atoms with van der Waals surface area (Å²) >= 11 is 0. The third-order valence-electron chi connectivity index (χ3n) is 1.88. The Bertz CT molecular complexity index is 303. The standard InChI is InChI=1S/2C7H8.Fe/c2*1-7-5-3-2-4-6-7;/h2*2-6H,1H3;/q;;+2. The first kappa shape index (κ1) is 14.0. The first-order chi connectivity index (χ1) is 6.79. The van der Waals surface area contributed by atoms with Crippen molar-refractivity contribution in [3.8, 4) is 0 Å². The molecule has 0 heterocycles. The molecular formula is C14H16Fe+2. The maximum Gasteiger partial charge on any atom is 2.00 e. The third-order valence-corrected chi connectivity index (χ3v) is 1.88. The van der Waals surface area contributed by atoms with Crippen LogP contribution in [0.5, 0.6) is 0 Å². The van der Waals surface area contributed by atoms with E-state index in [9.17, 15) is 0 Å². The van der Waals surface area contributed by atoms with Crippen molar-refractivity contribution in [3.05, 3.63) is 71.8 Å². The second kappa shape index (κ2) is 8.28. The van der Waals surface area contributed by atoms with Gasteiger partial charge in [-0.2, -0.15) is 0 Å². The van der Waals surface area contributed by atoms with Gasteiger partial charge in [-0.15, -0.1) is 0 Å². The van der Waals surface area contributed by atoms with E-state index in [2.05, 4.69) is 38.1 Å². The van der Waals surface area contributed by atoms with Crippen molar-refractivity contribution in [1.29, 1.82) is 0 Å². The van der Waals surface area contributed by atoms with Gasteiger partial charge < -0.3 is 0 Å². The zero-order valence-corrected chi connectivity index (χ0v) is 10.2. The molecule has 2 aromatic rings. The Labute approximate surface area is 103 Å². The van der Waals surface area contributed by atoms with E-state index in [1.54, 1.807) is 0 Å². The van der Waals surface area contributed by atoms with Crippen LogP contribution in [0.15, 0.2) is 60.7 Å². The van der Waals surface area contributed by atoms with E-state index in [1.165, 1.54) is 11.1 Å². The summed E-state index contributed by atoms with van der Waals surface area (Å²) < 4.78 is 0. The molecule has 0 fully saturated rings. The molecule has 0 aliphatic heterocycles. The van der Waals surface area contributed by atoms with Crippen molar-refractivity contribution in [1.82, 2.24) is 0 Å². The van der Waals surface area contributed by atoms with Gasteiger partial charge in [-0.25, -0.2) is 0 Å². The van der Waals surface area contributed by atoms with Gasteiger partial charge in [0.25, 0.3) is 0 Å². The van der Waals surface area contributed by atoms with E-state index in [0.717, 1.165) is 0 Å². The molecule has 0 radical (unpaired) electrons. The van der Waals surface area contributed by atoms with Gasteiger partial charge in [0.15, 0.2) is 0 Å². The number of hydrogen-bond acceptors (Lipinski definition) is 0. The molecule has 0 atom stereocenters. The molecule has 2 rings (SSSR count). The fourth-order valence-electron chi connectivity index (χ4n) is 1.07. The Morgan fingerprint density at radius 1 is 0.533 bits per heavy atom. The molecule has 0 aliphatic rings. The Balaban J connectivity index is 0.000000245. The summed E-state index contributed by atoms with van der Waals surface area (Å²) in [5.41, 5.74) is 2.64.